The number of allylic oxidation sites excluding steroid dienone is 26. The van der Waals surface area contributed by atoms with E-state index in [4.69, 9.17) is 18.9 Å². The normalized spacial score (nSPS) is 13.4. The van der Waals surface area contributed by atoms with Crippen molar-refractivity contribution in [2.45, 2.75) is 399 Å². The first-order valence-electron chi connectivity index (χ1n) is 44.6. The maximum atomic E-state index is 13.0. The van der Waals surface area contributed by atoms with Crippen molar-refractivity contribution in [3.05, 3.63) is 158 Å². The molecule has 0 aliphatic heterocycles. The van der Waals surface area contributed by atoms with Crippen LogP contribution >= 0.6 is 0 Å². The quantitative estimate of drug-likeness (QED) is 0.0211. The molecule has 107 heavy (non-hydrogen) atoms. The molecule has 0 radical (unpaired) electrons. The number of likely N-dealkylation sites (N-methyl/N-ethyl adjacent to an activating group) is 1. The Bertz CT molecular complexity index is 2340. The largest absolute Gasteiger partial charge is 0.477 e. The van der Waals surface area contributed by atoms with E-state index in [1.807, 2.05) is 21.1 Å². The lowest BCUT2D eigenvalue weighted by molar-refractivity contribution is -0.870. The number of carbonyl (C=O) groups excluding carboxylic acids is 2. The summed E-state index contributed by atoms with van der Waals surface area (Å²) in [5.41, 5.74) is 0. The van der Waals surface area contributed by atoms with E-state index in [0.29, 0.717) is 17.4 Å². The van der Waals surface area contributed by atoms with Crippen molar-refractivity contribution in [1.29, 1.82) is 0 Å². The fraction of sp³-hybridized carbons (Fsp3) is 0.704. The number of nitrogens with zero attached hydrogens (tertiary/aromatic N) is 1. The molecule has 2 unspecified atom stereocenters. The maximum Gasteiger partial charge on any atom is 0.361 e. The van der Waals surface area contributed by atoms with E-state index in [9.17, 15) is 19.5 Å². The average Bonchev–Trinajstić information content (AvgIpc) is 0.965. The van der Waals surface area contributed by atoms with E-state index in [-0.39, 0.29) is 32.2 Å². The van der Waals surface area contributed by atoms with Gasteiger partial charge >= 0.3 is 17.9 Å². The van der Waals surface area contributed by atoms with Crippen LogP contribution in [0.25, 0.3) is 0 Å². The predicted octanol–water partition coefficient (Wildman–Crippen LogP) is 29.5. The smallest absolute Gasteiger partial charge is 0.361 e. The van der Waals surface area contributed by atoms with Crippen LogP contribution in [0, 0.1) is 0 Å². The van der Waals surface area contributed by atoms with E-state index in [0.717, 1.165) is 122 Å². The highest BCUT2D eigenvalue weighted by molar-refractivity contribution is 5.71. The minimum atomic E-state index is -1.52. The van der Waals surface area contributed by atoms with Crippen molar-refractivity contribution in [2.75, 3.05) is 47.5 Å². The van der Waals surface area contributed by atoms with Gasteiger partial charge in [-0.05, 0) is 122 Å². The topological polar surface area (TPSA) is 108 Å². The van der Waals surface area contributed by atoms with Crippen LogP contribution in [-0.4, -0.2) is 87.4 Å². The molecule has 0 rings (SSSR count). The van der Waals surface area contributed by atoms with Gasteiger partial charge in [-0.15, -0.1) is 0 Å². The first-order valence-corrected chi connectivity index (χ1v) is 44.6. The lowest BCUT2D eigenvalue weighted by atomic mass is 10.0. The fourth-order valence-corrected chi connectivity index (χ4v) is 12.6. The van der Waals surface area contributed by atoms with E-state index in [2.05, 4.69) is 172 Å². The third-order valence-corrected chi connectivity index (χ3v) is 19.3. The number of carboxylic acid groups (broad SMARTS) is 1. The Kier molecular flexibility index (Phi) is 82.4. The van der Waals surface area contributed by atoms with Gasteiger partial charge in [0, 0.05) is 12.8 Å². The summed E-state index contributed by atoms with van der Waals surface area (Å²) in [5, 5.41) is 9.80. The molecule has 0 saturated carbocycles. The monoisotopic (exact) mass is 1490 g/mol. The molecule has 0 aliphatic carbocycles. The molecule has 0 aromatic heterocycles. The highest BCUT2D eigenvalue weighted by Gasteiger charge is 2.25. The second-order valence-corrected chi connectivity index (χ2v) is 30.8. The number of carbonyl (C=O) groups is 3. The molecule has 0 aliphatic rings. The minimum Gasteiger partial charge on any atom is -0.477 e. The van der Waals surface area contributed by atoms with Crippen LogP contribution in [0.1, 0.15) is 386 Å². The zero-order chi connectivity index (χ0) is 77.4. The van der Waals surface area contributed by atoms with Gasteiger partial charge in [-0.1, -0.05) is 409 Å². The van der Waals surface area contributed by atoms with Crippen LogP contribution in [0.2, 0.25) is 0 Å². The Balaban J connectivity index is 3.96. The van der Waals surface area contributed by atoms with Gasteiger partial charge < -0.3 is 28.5 Å². The molecule has 0 spiro atoms. The molecular formula is C98H168NO8+. The van der Waals surface area contributed by atoms with E-state index >= 15 is 0 Å². The third-order valence-electron chi connectivity index (χ3n) is 19.3. The summed E-state index contributed by atoms with van der Waals surface area (Å²) >= 11 is 0. The summed E-state index contributed by atoms with van der Waals surface area (Å²) in [6.45, 7) is 4.69. The summed E-state index contributed by atoms with van der Waals surface area (Å²) in [7, 11) is 5.99. The van der Waals surface area contributed by atoms with Crippen LogP contribution in [0.5, 0.6) is 0 Å². The Morgan fingerprint density at radius 3 is 0.748 bits per heavy atom. The van der Waals surface area contributed by atoms with Crippen LogP contribution in [0.15, 0.2) is 158 Å². The highest BCUT2D eigenvalue weighted by Crippen LogP contribution is 2.19. The van der Waals surface area contributed by atoms with Crippen molar-refractivity contribution < 1.29 is 42.9 Å². The number of ether oxygens (including phenoxy) is 4. The lowest BCUT2D eigenvalue weighted by Gasteiger charge is -2.25. The number of hydrogen-bond donors (Lipinski definition) is 1. The van der Waals surface area contributed by atoms with E-state index < -0.39 is 24.3 Å². The standard InChI is InChI=1S/C98H167NO8/c1-6-8-10-12-14-16-18-20-22-24-26-28-30-32-34-36-38-40-42-44-46-48-50-52-54-56-58-60-62-64-66-68-70-72-74-76-78-80-82-84-86-88-95(100)105-92-94(93-106-98(97(102)103)104-91-90-99(3,4)5)107-96(101)89-87-85-83-81-79-77-75-73-71-69-67-65-63-61-59-57-55-53-51-49-47-45-43-41-39-37-35-33-31-29-27-25-23-21-19-17-15-13-11-9-7-2/h8-11,14-17,20-23,26-29,32-35,39,41,45,47,51,53,94,98H,6-7,12-13,18-19,24-25,30-31,36-38,40,42-44,46,48-50,52,54-93H2,1-5H3/p+1/b10-8-,11-9-,16-14-,17-15-,22-20-,23-21-,28-26-,29-27-,34-32-,35-33-,41-39-,47-45-,53-51-. The second kappa shape index (κ2) is 86.5. The molecule has 0 fully saturated rings. The fourth-order valence-electron chi connectivity index (χ4n) is 12.6. The molecule has 9 nitrogen and oxygen atoms in total. The van der Waals surface area contributed by atoms with Gasteiger partial charge in [0.15, 0.2) is 6.10 Å². The van der Waals surface area contributed by atoms with Gasteiger partial charge in [0.05, 0.1) is 34.4 Å². The minimum absolute atomic E-state index is 0.183. The summed E-state index contributed by atoms with van der Waals surface area (Å²) in [6.07, 6.45) is 126. The molecule has 0 aromatic rings. The zero-order valence-electron chi connectivity index (χ0n) is 70.3. The SMILES string of the molecule is CC/C=C\C/C=C\C/C=C\C/C=C\C/C=C\C/C=C\C/C=C\C/C=C\CCCCCCCCCCCCCCCCCCC(=O)OC(COC(=O)CCCCCCCCCCCCCCCCCCCCCCCCCCC/C=C\C/C=C\C/C=C\C/C=C\C/C=C\CC)COC(OCC[N+](C)(C)C)C(=O)O. The van der Waals surface area contributed by atoms with Gasteiger partial charge in [0.25, 0.3) is 6.29 Å². The van der Waals surface area contributed by atoms with Crippen molar-refractivity contribution in [2.24, 2.45) is 0 Å². The maximum absolute atomic E-state index is 13.0. The van der Waals surface area contributed by atoms with Gasteiger partial charge in [0.1, 0.15) is 13.2 Å². The number of quaternary nitrogens is 1. The molecule has 2 atom stereocenters. The van der Waals surface area contributed by atoms with E-state index in [1.165, 1.54) is 238 Å². The molecule has 0 aromatic carbocycles. The van der Waals surface area contributed by atoms with Gasteiger partial charge in [0.2, 0.25) is 0 Å². The molecule has 0 bridgehead atoms. The number of esters is 2. The van der Waals surface area contributed by atoms with Crippen LogP contribution in [0.4, 0.5) is 0 Å². The first kappa shape index (κ1) is 102. The zero-order valence-corrected chi connectivity index (χ0v) is 70.3. The van der Waals surface area contributed by atoms with Crippen molar-refractivity contribution in [1.82, 2.24) is 0 Å². The Hall–Kier alpha value is -5.09. The van der Waals surface area contributed by atoms with Gasteiger partial charge in [-0.25, -0.2) is 4.79 Å². The first-order chi connectivity index (χ1) is 52.6. The van der Waals surface area contributed by atoms with Crippen molar-refractivity contribution in [3.63, 3.8) is 0 Å². The summed E-state index contributed by atoms with van der Waals surface area (Å²) in [4.78, 5) is 37.8. The lowest BCUT2D eigenvalue weighted by Crippen LogP contribution is -2.40. The molecule has 612 valence electrons. The summed E-state index contributed by atoms with van der Waals surface area (Å²) in [6, 6.07) is 0. The average molecular weight is 1490 g/mol. The molecular weight excluding hydrogens is 1320 g/mol. The van der Waals surface area contributed by atoms with E-state index in [1.54, 1.807) is 0 Å². The molecule has 9 heteroatoms. The van der Waals surface area contributed by atoms with Gasteiger partial charge in [-0.3, -0.25) is 9.59 Å². The Morgan fingerprint density at radius 2 is 0.505 bits per heavy atom. The summed E-state index contributed by atoms with van der Waals surface area (Å²) < 4.78 is 23.1. The van der Waals surface area contributed by atoms with Crippen LogP contribution < -0.4 is 0 Å². The molecule has 0 amide bonds. The Labute approximate surface area is 661 Å². The van der Waals surface area contributed by atoms with Crippen LogP contribution in [-0.2, 0) is 33.3 Å². The van der Waals surface area contributed by atoms with Crippen LogP contribution in [0.3, 0.4) is 0 Å². The van der Waals surface area contributed by atoms with Crippen molar-refractivity contribution in [3.8, 4) is 0 Å². The number of carboxylic acids is 1. The Morgan fingerprint density at radius 1 is 0.280 bits per heavy atom. The molecule has 0 heterocycles. The molecule has 1 N–H and O–H groups in total. The summed E-state index contributed by atoms with van der Waals surface area (Å²) in [5.74, 6) is -1.99. The van der Waals surface area contributed by atoms with Gasteiger partial charge in [-0.2, -0.15) is 0 Å². The van der Waals surface area contributed by atoms with Crippen molar-refractivity contribution >= 4 is 17.9 Å². The number of aliphatic carboxylic acids is 1. The molecule has 0 saturated heterocycles. The third kappa shape index (κ3) is 88.0. The number of hydrogen-bond acceptors (Lipinski definition) is 7. The number of unbranched alkanes of at least 4 members (excludes halogenated alkanes) is 41. The predicted molar refractivity (Wildman–Crippen MR) is 465 cm³/mol. The second-order valence-electron chi connectivity index (χ2n) is 30.8. The number of rotatable bonds is 82. The highest BCUT2D eigenvalue weighted by atomic mass is 16.7.